The van der Waals surface area contributed by atoms with E-state index in [-0.39, 0.29) is 6.04 Å². The van der Waals surface area contributed by atoms with Crippen LogP contribution in [0.1, 0.15) is 17.3 Å². The SMILES string of the molecule is NC(Cc1ccc(Br)cc1)c1ccn(-c2ccccc2)n1. The summed E-state index contributed by atoms with van der Waals surface area (Å²) in [5.74, 6) is 0. The third kappa shape index (κ3) is 3.40. The number of rotatable bonds is 4. The Morgan fingerprint density at radius 3 is 2.43 bits per heavy atom. The molecule has 0 bridgehead atoms. The fourth-order valence-corrected chi connectivity index (χ4v) is 2.50. The molecule has 0 aliphatic heterocycles. The van der Waals surface area contributed by atoms with Gasteiger partial charge in [-0.15, -0.1) is 0 Å². The van der Waals surface area contributed by atoms with Crippen molar-refractivity contribution < 1.29 is 0 Å². The third-order valence-electron chi connectivity index (χ3n) is 3.38. The minimum Gasteiger partial charge on any atom is -0.322 e. The van der Waals surface area contributed by atoms with Gasteiger partial charge in [-0.3, -0.25) is 0 Å². The highest BCUT2D eigenvalue weighted by atomic mass is 79.9. The first-order chi connectivity index (χ1) is 10.2. The summed E-state index contributed by atoms with van der Waals surface area (Å²) in [7, 11) is 0. The lowest BCUT2D eigenvalue weighted by molar-refractivity contribution is 0.678. The molecule has 21 heavy (non-hydrogen) atoms. The molecule has 1 heterocycles. The van der Waals surface area contributed by atoms with E-state index in [1.54, 1.807) is 0 Å². The zero-order chi connectivity index (χ0) is 14.7. The van der Waals surface area contributed by atoms with E-state index in [1.807, 2.05) is 59.4 Å². The Hall–Kier alpha value is -1.91. The van der Waals surface area contributed by atoms with Crippen molar-refractivity contribution in [2.45, 2.75) is 12.5 Å². The molecule has 2 N–H and O–H groups in total. The van der Waals surface area contributed by atoms with Gasteiger partial charge in [-0.1, -0.05) is 46.3 Å². The van der Waals surface area contributed by atoms with Crippen LogP contribution in [0.3, 0.4) is 0 Å². The van der Waals surface area contributed by atoms with Gasteiger partial charge in [0.1, 0.15) is 0 Å². The molecular formula is C17H16BrN3. The molecule has 0 amide bonds. The van der Waals surface area contributed by atoms with Gasteiger partial charge in [0, 0.05) is 10.7 Å². The zero-order valence-corrected chi connectivity index (χ0v) is 13.1. The molecule has 4 heteroatoms. The maximum atomic E-state index is 6.27. The molecule has 106 valence electrons. The number of para-hydroxylation sites is 1. The summed E-state index contributed by atoms with van der Waals surface area (Å²) in [5.41, 5.74) is 9.42. The topological polar surface area (TPSA) is 43.8 Å². The summed E-state index contributed by atoms with van der Waals surface area (Å²) in [6.45, 7) is 0. The van der Waals surface area contributed by atoms with E-state index in [0.717, 1.165) is 22.3 Å². The van der Waals surface area contributed by atoms with Crippen molar-refractivity contribution >= 4 is 15.9 Å². The lowest BCUT2D eigenvalue weighted by Gasteiger charge is -2.09. The number of nitrogens with two attached hydrogens (primary N) is 1. The molecule has 1 atom stereocenters. The van der Waals surface area contributed by atoms with Crippen LogP contribution < -0.4 is 5.73 Å². The van der Waals surface area contributed by atoms with Crippen molar-refractivity contribution in [3.05, 3.63) is 82.6 Å². The van der Waals surface area contributed by atoms with Crippen LogP contribution in [-0.4, -0.2) is 9.78 Å². The minimum atomic E-state index is -0.101. The molecule has 3 nitrogen and oxygen atoms in total. The first-order valence-corrected chi connectivity index (χ1v) is 7.63. The molecule has 0 fully saturated rings. The Labute approximate surface area is 132 Å². The molecule has 3 rings (SSSR count). The van der Waals surface area contributed by atoms with E-state index < -0.39 is 0 Å². The standard InChI is InChI=1S/C17H16BrN3/c18-14-8-6-13(7-9-14)12-16(19)17-10-11-21(20-17)15-4-2-1-3-5-15/h1-11,16H,12,19H2. The first-order valence-electron chi connectivity index (χ1n) is 6.83. The lowest BCUT2D eigenvalue weighted by atomic mass is 10.0. The third-order valence-corrected chi connectivity index (χ3v) is 3.91. The van der Waals surface area contributed by atoms with Crippen LogP contribution in [0.15, 0.2) is 71.3 Å². The monoisotopic (exact) mass is 341 g/mol. The molecule has 0 saturated carbocycles. The van der Waals surface area contributed by atoms with E-state index in [1.165, 1.54) is 5.56 Å². The molecule has 0 radical (unpaired) electrons. The van der Waals surface area contributed by atoms with Gasteiger partial charge >= 0.3 is 0 Å². The predicted molar refractivity (Wildman–Crippen MR) is 88.3 cm³/mol. The van der Waals surface area contributed by atoms with Gasteiger partial charge in [0.2, 0.25) is 0 Å². The number of hydrogen-bond acceptors (Lipinski definition) is 2. The Morgan fingerprint density at radius 1 is 1.00 bits per heavy atom. The van der Waals surface area contributed by atoms with Gasteiger partial charge in [0.25, 0.3) is 0 Å². The molecule has 0 aliphatic rings. The molecular weight excluding hydrogens is 326 g/mol. The number of benzene rings is 2. The summed E-state index contributed by atoms with van der Waals surface area (Å²) >= 11 is 3.44. The summed E-state index contributed by atoms with van der Waals surface area (Å²) in [5, 5.41) is 4.58. The van der Waals surface area contributed by atoms with E-state index in [2.05, 4.69) is 33.2 Å². The van der Waals surface area contributed by atoms with Crippen LogP contribution in [0.5, 0.6) is 0 Å². The Bertz CT molecular complexity index is 704. The Kier molecular flexibility index (Phi) is 4.18. The second kappa shape index (κ2) is 6.24. The zero-order valence-electron chi connectivity index (χ0n) is 11.5. The van der Waals surface area contributed by atoms with Crippen molar-refractivity contribution in [3.63, 3.8) is 0 Å². The van der Waals surface area contributed by atoms with Gasteiger partial charge < -0.3 is 5.73 Å². The average molecular weight is 342 g/mol. The minimum absolute atomic E-state index is 0.101. The van der Waals surface area contributed by atoms with Crippen LogP contribution in [-0.2, 0) is 6.42 Å². The summed E-state index contributed by atoms with van der Waals surface area (Å²) in [4.78, 5) is 0. The maximum absolute atomic E-state index is 6.27. The fourth-order valence-electron chi connectivity index (χ4n) is 2.24. The van der Waals surface area contributed by atoms with E-state index in [0.29, 0.717) is 0 Å². The Balaban J connectivity index is 1.75. The maximum Gasteiger partial charge on any atom is 0.0799 e. The van der Waals surface area contributed by atoms with Gasteiger partial charge in [-0.2, -0.15) is 5.10 Å². The molecule has 3 aromatic rings. The molecule has 0 spiro atoms. The van der Waals surface area contributed by atoms with Crippen LogP contribution in [0.25, 0.3) is 5.69 Å². The average Bonchev–Trinajstić information content (AvgIpc) is 3.00. The lowest BCUT2D eigenvalue weighted by Crippen LogP contribution is -2.14. The van der Waals surface area contributed by atoms with Crippen molar-refractivity contribution in [1.29, 1.82) is 0 Å². The van der Waals surface area contributed by atoms with Crippen LogP contribution >= 0.6 is 15.9 Å². The van der Waals surface area contributed by atoms with Crippen molar-refractivity contribution in [2.75, 3.05) is 0 Å². The first kappa shape index (κ1) is 14.0. The van der Waals surface area contributed by atoms with E-state index >= 15 is 0 Å². The molecule has 2 aromatic carbocycles. The molecule has 0 aliphatic carbocycles. The van der Waals surface area contributed by atoms with E-state index in [4.69, 9.17) is 5.73 Å². The van der Waals surface area contributed by atoms with Gasteiger partial charge in [0.15, 0.2) is 0 Å². The smallest absolute Gasteiger partial charge is 0.0799 e. The predicted octanol–water partition coefficient (Wildman–Crippen LogP) is 3.88. The Morgan fingerprint density at radius 2 is 1.71 bits per heavy atom. The fraction of sp³-hybridized carbons (Fsp3) is 0.118. The quantitative estimate of drug-likeness (QED) is 0.782. The van der Waals surface area contributed by atoms with Crippen LogP contribution in [0.2, 0.25) is 0 Å². The van der Waals surface area contributed by atoms with Gasteiger partial charge in [0.05, 0.1) is 17.4 Å². The highest BCUT2D eigenvalue weighted by Gasteiger charge is 2.11. The number of nitrogens with zero attached hydrogens (tertiary/aromatic N) is 2. The van der Waals surface area contributed by atoms with Crippen molar-refractivity contribution in [2.24, 2.45) is 5.73 Å². The summed E-state index contributed by atoms with van der Waals surface area (Å²) in [6, 6.07) is 20.1. The highest BCUT2D eigenvalue weighted by Crippen LogP contribution is 2.18. The molecule has 1 aromatic heterocycles. The molecule has 0 saturated heterocycles. The number of hydrogen-bond donors (Lipinski definition) is 1. The molecule has 1 unspecified atom stereocenters. The van der Waals surface area contributed by atoms with Gasteiger partial charge in [-0.05, 0) is 42.3 Å². The van der Waals surface area contributed by atoms with E-state index in [9.17, 15) is 0 Å². The highest BCUT2D eigenvalue weighted by molar-refractivity contribution is 9.10. The normalized spacial score (nSPS) is 12.3. The largest absolute Gasteiger partial charge is 0.322 e. The summed E-state index contributed by atoms with van der Waals surface area (Å²) in [6.07, 6.45) is 2.73. The van der Waals surface area contributed by atoms with Gasteiger partial charge in [-0.25, -0.2) is 4.68 Å². The van der Waals surface area contributed by atoms with Crippen molar-refractivity contribution in [3.8, 4) is 5.69 Å². The van der Waals surface area contributed by atoms with Crippen LogP contribution in [0.4, 0.5) is 0 Å². The number of aromatic nitrogens is 2. The second-order valence-electron chi connectivity index (χ2n) is 4.96. The summed E-state index contributed by atoms with van der Waals surface area (Å²) < 4.78 is 2.93. The number of halogens is 1. The van der Waals surface area contributed by atoms with Crippen molar-refractivity contribution in [1.82, 2.24) is 9.78 Å². The second-order valence-corrected chi connectivity index (χ2v) is 5.87. The van der Waals surface area contributed by atoms with Crippen LogP contribution in [0, 0.1) is 0 Å².